The third-order valence-corrected chi connectivity index (χ3v) is 5.29. The Morgan fingerprint density at radius 1 is 1.08 bits per heavy atom. The van der Waals surface area contributed by atoms with Gasteiger partial charge in [-0.25, -0.2) is 0 Å². The van der Waals surface area contributed by atoms with Gasteiger partial charge in [-0.05, 0) is 42.9 Å². The Morgan fingerprint density at radius 3 is 2.76 bits per heavy atom. The lowest BCUT2D eigenvalue weighted by molar-refractivity contribution is -0.131. The number of fused-ring (bicyclic) bond motifs is 1. The summed E-state index contributed by atoms with van der Waals surface area (Å²) in [5, 5.41) is 1.23. The minimum atomic E-state index is 0.295. The number of hydrogen-bond acceptors (Lipinski definition) is 1. The second-order valence-electron chi connectivity index (χ2n) is 6.93. The Kier molecular flexibility index (Phi) is 4.55. The number of carbonyl (C=O) groups is 1. The molecule has 0 radical (unpaired) electrons. The van der Waals surface area contributed by atoms with Gasteiger partial charge in [-0.15, -0.1) is 0 Å². The van der Waals surface area contributed by atoms with E-state index in [2.05, 4.69) is 52.3 Å². The van der Waals surface area contributed by atoms with Crippen LogP contribution in [0.2, 0.25) is 0 Å². The predicted octanol–water partition coefficient (Wildman–Crippen LogP) is 4.33. The zero-order chi connectivity index (χ0) is 17.1. The van der Waals surface area contributed by atoms with Gasteiger partial charge in [0.2, 0.25) is 5.91 Å². The second kappa shape index (κ2) is 7.14. The van der Waals surface area contributed by atoms with E-state index in [9.17, 15) is 4.79 Å². The highest BCUT2D eigenvalue weighted by atomic mass is 16.2. The van der Waals surface area contributed by atoms with Crippen LogP contribution in [0.15, 0.2) is 60.8 Å². The zero-order valence-electron chi connectivity index (χ0n) is 14.4. The quantitative estimate of drug-likeness (QED) is 0.741. The molecule has 3 aromatic rings. The van der Waals surface area contributed by atoms with E-state index < -0.39 is 0 Å². The molecule has 1 unspecified atom stereocenters. The van der Waals surface area contributed by atoms with Crippen molar-refractivity contribution in [3.63, 3.8) is 0 Å². The number of H-pyrrole nitrogens is 1. The Balaban J connectivity index is 1.40. The van der Waals surface area contributed by atoms with Gasteiger partial charge in [0.05, 0.1) is 0 Å². The predicted molar refractivity (Wildman–Crippen MR) is 102 cm³/mol. The van der Waals surface area contributed by atoms with Crippen molar-refractivity contribution in [3.8, 4) is 0 Å². The number of amides is 1. The largest absolute Gasteiger partial charge is 0.361 e. The van der Waals surface area contributed by atoms with Gasteiger partial charge < -0.3 is 9.88 Å². The van der Waals surface area contributed by atoms with E-state index in [1.54, 1.807) is 0 Å². The number of hydrogen-bond donors (Lipinski definition) is 1. The highest BCUT2D eigenvalue weighted by Crippen LogP contribution is 2.24. The molecule has 1 N–H and O–H groups in total. The SMILES string of the molecule is O=C(CCc1c[nH]c2ccccc12)N1CCCC1Cc1ccccc1. The minimum absolute atomic E-state index is 0.295. The Morgan fingerprint density at radius 2 is 1.88 bits per heavy atom. The third-order valence-electron chi connectivity index (χ3n) is 5.29. The van der Waals surface area contributed by atoms with Gasteiger partial charge in [0.25, 0.3) is 0 Å². The summed E-state index contributed by atoms with van der Waals surface area (Å²) in [5.74, 6) is 0.295. The molecule has 128 valence electrons. The molecule has 0 bridgehead atoms. The molecule has 3 nitrogen and oxygen atoms in total. The molecule has 1 aliphatic rings. The maximum Gasteiger partial charge on any atom is 0.223 e. The summed E-state index contributed by atoms with van der Waals surface area (Å²) in [5.41, 5.74) is 3.71. The van der Waals surface area contributed by atoms with Crippen molar-refractivity contribution in [1.82, 2.24) is 9.88 Å². The van der Waals surface area contributed by atoms with Crippen LogP contribution in [0, 0.1) is 0 Å². The zero-order valence-corrected chi connectivity index (χ0v) is 14.4. The highest BCUT2D eigenvalue weighted by molar-refractivity contribution is 5.84. The summed E-state index contributed by atoms with van der Waals surface area (Å²) in [6, 6.07) is 19.2. The van der Waals surface area contributed by atoms with E-state index in [-0.39, 0.29) is 0 Å². The van der Waals surface area contributed by atoms with Gasteiger partial charge in [-0.3, -0.25) is 4.79 Å². The number of benzene rings is 2. The number of aryl methyl sites for hydroxylation is 1. The van der Waals surface area contributed by atoms with Crippen LogP contribution in [0.4, 0.5) is 0 Å². The van der Waals surface area contributed by atoms with Crippen molar-refractivity contribution in [2.45, 2.75) is 38.1 Å². The molecule has 4 rings (SSSR count). The highest BCUT2D eigenvalue weighted by Gasteiger charge is 2.28. The van der Waals surface area contributed by atoms with Crippen molar-refractivity contribution < 1.29 is 4.79 Å². The normalized spacial score (nSPS) is 17.3. The number of nitrogens with zero attached hydrogens (tertiary/aromatic N) is 1. The first kappa shape index (κ1) is 15.9. The van der Waals surface area contributed by atoms with Crippen molar-refractivity contribution >= 4 is 16.8 Å². The Labute approximate surface area is 148 Å². The summed E-state index contributed by atoms with van der Waals surface area (Å²) < 4.78 is 0. The van der Waals surface area contributed by atoms with Gasteiger partial charge in [0.1, 0.15) is 0 Å². The number of para-hydroxylation sites is 1. The first-order chi connectivity index (χ1) is 12.3. The topological polar surface area (TPSA) is 36.1 Å². The van der Waals surface area contributed by atoms with E-state index in [0.717, 1.165) is 37.7 Å². The first-order valence-corrected chi connectivity index (χ1v) is 9.19. The average molecular weight is 332 g/mol. The van der Waals surface area contributed by atoms with Gasteiger partial charge in [0.15, 0.2) is 0 Å². The number of aromatic amines is 1. The van der Waals surface area contributed by atoms with Gasteiger partial charge in [-0.1, -0.05) is 48.5 Å². The minimum Gasteiger partial charge on any atom is -0.361 e. The van der Waals surface area contributed by atoms with Crippen LogP contribution in [0.3, 0.4) is 0 Å². The van der Waals surface area contributed by atoms with E-state index in [1.165, 1.54) is 16.5 Å². The average Bonchev–Trinajstić information content (AvgIpc) is 3.27. The molecule has 0 spiro atoms. The number of rotatable bonds is 5. The van der Waals surface area contributed by atoms with E-state index in [1.807, 2.05) is 18.3 Å². The lowest BCUT2D eigenvalue weighted by Crippen LogP contribution is -2.36. The molecule has 1 aromatic heterocycles. The maximum absolute atomic E-state index is 12.8. The molecule has 0 aliphatic carbocycles. The van der Waals surface area contributed by atoms with E-state index in [4.69, 9.17) is 0 Å². The van der Waals surface area contributed by atoms with Crippen LogP contribution < -0.4 is 0 Å². The maximum atomic E-state index is 12.8. The molecular weight excluding hydrogens is 308 g/mol. The number of aromatic nitrogens is 1. The van der Waals surface area contributed by atoms with Crippen LogP contribution in [-0.4, -0.2) is 28.4 Å². The fourth-order valence-electron chi connectivity index (χ4n) is 3.99. The Hall–Kier alpha value is -2.55. The van der Waals surface area contributed by atoms with Gasteiger partial charge >= 0.3 is 0 Å². The van der Waals surface area contributed by atoms with E-state index in [0.29, 0.717) is 18.4 Å². The molecular formula is C22H24N2O. The van der Waals surface area contributed by atoms with Crippen LogP contribution in [0.25, 0.3) is 10.9 Å². The molecule has 3 heteroatoms. The summed E-state index contributed by atoms with van der Waals surface area (Å²) in [6.07, 6.45) is 6.65. The molecule has 1 amide bonds. The van der Waals surface area contributed by atoms with Gasteiger partial charge in [0, 0.05) is 36.1 Å². The molecule has 2 heterocycles. The fraction of sp³-hybridized carbons (Fsp3) is 0.318. The standard InChI is InChI=1S/C22H24N2O/c25-22(13-12-18-16-23-21-11-5-4-10-20(18)21)24-14-6-9-19(24)15-17-7-2-1-3-8-17/h1-5,7-8,10-11,16,19,23H,6,9,12-15H2. The smallest absolute Gasteiger partial charge is 0.223 e. The molecule has 1 fully saturated rings. The molecule has 2 aromatic carbocycles. The van der Waals surface area contributed by atoms with Crippen molar-refractivity contribution in [2.75, 3.05) is 6.54 Å². The van der Waals surface area contributed by atoms with Crippen molar-refractivity contribution in [1.29, 1.82) is 0 Å². The monoisotopic (exact) mass is 332 g/mol. The van der Waals surface area contributed by atoms with E-state index >= 15 is 0 Å². The van der Waals surface area contributed by atoms with Crippen LogP contribution in [0.5, 0.6) is 0 Å². The summed E-state index contributed by atoms with van der Waals surface area (Å²) >= 11 is 0. The van der Waals surface area contributed by atoms with Crippen LogP contribution >= 0.6 is 0 Å². The first-order valence-electron chi connectivity index (χ1n) is 9.19. The molecule has 1 atom stereocenters. The lowest BCUT2D eigenvalue weighted by Gasteiger charge is -2.25. The lowest BCUT2D eigenvalue weighted by atomic mass is 10.0. The van der Waals surface area contributed by atoms with Crippen molar-refractivity contribution in [3.05, 3.63) is 71.9 Å². The number of carbonyl (C=O) groups excluding carboxylic acids is 1. The fourth-order valence-corrected chi connectivity index (χ4v) is 3.99. The third kappa shape index (κ3) is 3.46. The second-order valence-corrected chi connectivity index (χ2v) is 6.93. The summed E-state index contributed by atoms with van der Waals surface area (Å²) in [6.45, 7) is 0.907. The number of likely N-dealkylation sites (tertiary alicyclic amines) is 1. The van der Waals surface area contributed by atoms with Crippen LogP contribution in [-0.2, 0) is 17.6 Å². The van der Waals surface area contributed by atoms with Gasteiger partial charge in [-0.2, -0.15) is 0 Å². The van der Waals surface area contributed by atoms with Crippen LogP contribution in [0.1, 0.15) is 30.4 Å². The summed E-state index contributed by atoms with van der Waals surface area (Å²) in [7, 11) is 0. The molecule has 1 saturated heterocycles. The molecule has 25 heavy (non-hydrogen) atoms. The molecule has 0 saturated carbocycles. The van der Waals surface area contributed by atoms with Crippen molar-refractivity contribution in [2.24, 2.45) is 0 Å². The summed E-state index contributed by atoms with van der Waals surface area (Å²) in [4.78, 5) is 18.2. The Bertz CT molecular complexity index is 853. The molecule has 1 aliphatic heterocycles. The number of nitrogens with one attached hydrogen (secondary N) is 1.